The van der Waals surface area contributed by atoms with Gasteiger partial charge in [0, 0.05) is 17.8 Å². The summed E-state index contributed by atoms with van der Waals surface area (Å²) in [5, 5.41) is 14.0. The lowest BCUT2D eigenvalue weighted by Crippen LogP contribution is -2.40. The summed E-state index contributed by atoms with van der Waals surface area (Å²) >= 11 is 0. The zero-order chi connectivity index (χ0) is 24.0. The number of anilines is 1. The highest BCUT2D eigenvalue weighted by molar-refractivity contribution is 5.83. The summed E-state index contributed by atoms with van der Waals surface area (Å²) in [6, 6.07) is 14.3. The number of aromatic amines is 1. The summed E-state index contributed by atoms with van der Waals surface area (Å²) in [7, 11) is 0. The SMILES string of the molecule is CCC(C)(C)n1nnnc1[C@H](c1cc2cc(C)cc(C)c2[nH]c1=O)N1CCCc2ccccc21. The van der Waals surface area contributed by atoms with Crippen molar-refractivity contribution in [2.75, 3.05) is 11.4 Å². The predicted molar refractivity (Wildman–Crippen MR) is 135 cm³/mol. The van der Waals surface area contributed by atoms with Gasteiger partial charge in [-0.3, -0.25) is 4.79 Å². The summed E-state index contributed by atoms with van der Waals surface area (Å²) < 4.78 is 1.90. The van der Waals surface area contributed by atoms with Gasteiger partial charge in [-0.15, -0.1) is 5.10 Å². The number of tetrazole rings is 1. The van der Waals surface area contributed by atoms with Crippen LogP contribution in [0.4, 0.5) is 5.69 Å². The molecule has 0 spiro atoms. The Morgan fingerprint density at radius 2 is 1.94 bits per heavy atom. The topological polar surface area (TPSA) is 79.7 Å². The molecule has 34 heavy (non-hydrogen) atoms. The molecular formula is C27H32N6O. The molecule has 0 radical (unpaired) electrons. The lowest BCUT2D eigenvalue weighted by Gasteiger charge is -2.38. The van der Waals surface area contributed by atoms with Crippen LogP contribution in [0.15, 0.2) is 47.3 Å². The standard InChI is InChI=1S/C27H32N6O/c1-6-27(4,5)33-25(29-30-31-33)24(32-13-9-11-19-10-7-8-12-22(19)32)21-16-20-15-17(2)14-18(3)23(20)28-26(21)34/h7-8,10,12,14-16,24H,6,9,11,13H2,1-5H3,(H,28,34)/t24-/m0/s1. The van der Waals surface area contributed by atoms with Gasteiger partial charge in [0.25, 0.3) is 5.56 Å². The number of H-pyrrole nitrogens is 1. The smallest absolute Gasteiger partial charge is 0.254 e. The van der Waals surface area contributed by atoms with E-state index in [1.807, 2.05) is 17.7 Å². The van der Waals surface area contributed by atoms with E-state index in [-0.39, 0.29) is 11.1 Å². The van der Waals surface area contributed by atoms with Crippen molar-refractivity contribution in [1.82, 2.24) is 25.2 Å². The Balaban J connectivity index is 1.79. The fourth-order valence-corrected chi connectivity index (χ4v) is 5.13. The van der Waals surface area contributed by atoms with Crippen LogP contribution in [0.25, 0.3) is 10.9 Å². The monoisotopic (exact) mass is 456 g/mol. The second-order valence-electron chi connectivity index (χ2n) is 10.0. The third kappa shape index (κ3) is 3.69. The zero-order valence-corrected chi connectivity index (χ0v) is 20.6. The molecule has 0 saturated heterocycles. The van der Waals surface area contributed by atoms with Crippen LogP contribution in [0.2, 0.25) is 0 Å². The fourth-order valence-electron chi connectivity index (χ4n) is 5.13. The lowest BCUT2D eigenvalue weighted by atomic mass is 9.95. The van der Waals surface area contributed by atoms with Crippen molar-refractivity contribution in [3.8, 4) is 0 Å². The molecule has 176 valence electrons. The molecular weight excluding hydrogens is 424 g/mol. The Kier molecular flexibility index (Phi) is 5.50. The number of fused-ring (bicyclic) bond motifs is 2. The number of rotatable bonds is 5. The first kappa shape index (κ1) is 22.3. The van der Waals surface area contributed by atoms with Gasteiger partial charge in [-0.25, -0.2) is 4.68 Å². The molecule has 4 aromatic rings. The van der Waals surface area contributed by atoms with Crippen molar-refractivity contribution >= 4 is 16.6 Å². The first-order valence-electron chi connectivity index (χ1n) is 12.1. The molecule has 1 aliphatic rings. The third-order valence-corrected chi connectivity index (χ3v) is 7.25. The summed E-state index contributed by atoms with van der Waals surface area (Å²) in [4.78, 5) is 19.1. The van der Waals surface area contributed by atoms with Crippen LogP contribution in [0.5, 0.6) is 0 Å². The van der Waals surface area contributed by atoms with Crippen molar-refractivity contribution < 1.29 is 0 Å². The molecule has 0 saturated carbocycles. The van der Waals surface area contributed by atoms with Crippen LogP contribution >= 0.6 is 0 Å². The average molecular weight is 457 g/mol. The maximum absolute atomic E-state index is 13.6. The molecule has 0 unspecified atom stereocenters. The van der Waals surface area contributed by atoms with Gasteiger partial charge in [0.05, 0.1) is 11.1 Å². The second-order valence-corrected chi connectivity index (χ2v) is 10.0. The molecule has 3 heterocycles. The van der Waals surface area contributed by atoms with Gasteiger partial charge in [0.1, 0.15) is 6.04 Å². The van der Waals surface area contributed by atoms with Crippen LogP contribution in [0.3, 0.4) is 0 Å². The minimum Gasteiger partial charge on any atom is -0.357 e. The Bertz CT molecular complexity index is 1420. The molecule has 0 aliphatic carbocycles. The largest absolute Gasteiger partial charge is 0.357 e. The molecule has 1 N–H and O–H groups in total. The predicted octanol–water partition coefficient (Wildman–Crippen LogP) is 4.82. The van der Waals surface area contributed by atoms with Gasteiger partial charge in [0.15, 0.2) is 5.82 Å². The number of nitrogens with one attached hydrogen (secondary N) is 1. The van der Waals surface area contributed by atoms with Crippen LogP contribution in [-0.2, 0) is 12.0 Å². The molecule has 0 fully saturated rings. The Hall–Kier alpha value is -3.48. The van der Waals surface area contributed by atoms with Gasteiger partial charge < -0.3 is 9.88 Å². The van der Waals surface area contributed by atoms with Crippen LogP contribution < -0.4 is 10.5 Å². The maximum Gasteiger partial charge on any atom is 0.254 e. The highest BCUT2D eigenvalue weighted by Gasteiger charge is 2.36. The van der Waals surface area contributed by atoms with Gasteiger partial charge in [-0.1, -0.05) is 36.8 Å². The second kappa shape index (κ2) is 8.38. The van der Waals surface area contributed by atoms with Gasteiger partial charge in [-0.05, 0) is 92.1 Å². The quantitative estimate of drug-likeness (QED) is 0.466. The Morgan fingerprint density at radius 1 is 1.15 bits per heavy atom. The first-order chi connectivity index (χ1) is 16.3. The van der Waals surface area contributed by atoms with E-state index in [1.54, 1.807) is 0 Å². The number of aryl methyl sites for hydroxylation is 3. The summed E-state index contributed by atoms with van der Waals surface area (Å²) in [5.41, 5.74) is 5.82. The van der Waals surface area contributed by atoms with Crippen molar-refractivity contribution in [2.24, 2.45) is 0 Å². The van der Waals surface area contributed by atoms with Gasteiger partial charge >= 0.3 is 0 Å². The summed E-state index contributed by atoms with van der Waals surface area (Å²) in [5.74, 6) is 0.692. The Labute approximate surface area is 199 Å². The number of hydrogen-bond acceptors (Lipinski definition) is 5. The minimum absolute atomic E-state index is 0.101. The van der Waals surface area contributed by atoms with Crippen molar-refractivity contribution in [3.05, 3.63) is 80.9 Å². The number of benzene rings is 2. The van der Waals surface area contributed by atoms with Crippen molar-refractivity contribution in [2.45, 2.75) is 65.5 Å². The summed E-state index contributed by atoms with van der Waals surface area (Å²) in [6.45, 7) is 11.3. The van der Waals surface area contributed by atoms with E-state index in [2.05, 4.69) is 89.5 Å². The van der Waals surface area contributed by atoms with Gasteiger partial charge in [-0.2, -0.15) is 0 Å². The van der Waals surface area contributed by atoms with E-state index >= 15 is 0 Å². The highest BCUT2D eigenvalue weighted by Crippen LogP contribution is 2.38. The van der Waals surface area contributed by atoms with E-state index in [0.29, 0.717) is 11.4 Å². The molecule has 7 heteroatoms. The molecule has 2 aromatic heterocycles. The molecule has 0 bridgehead atoms. The van der Waals surface area contributed by atoms with E-state index in [0.717, 1.165) is 48.0 Å². The van der Waals surface area contributed by atoms with Crippen LogP contribution in [-0.4, -0.2) is 31.7 Å². The molecule has 7 nitrogen and oxygen atoms in total. The lowest BCUT2D eigenvalue weighted by molar-refractivity contribution is 0.287. The Morgan fingerprint density at radius 3 is 2.74 bits per heavy atom. The number of nitrogens with zero attached hydrogens (tertiary/aromatic N) is 5. The average Bonchev–Trinajstić information content (AvgIpc) is 3.31. The van der Waals surface area contributed by atoms with E-state index in [1.165, 1.54) is 11.1 Å². The normalized spacial score (nSPS) is 14.9. The fraction of sp³-hybridized carbons (Fsp3) is 0.407. The van der Waals surface area contributed by atoms with E-state index < -0.39 is 6.04 Å². The maximum atomic E-state index is 13.6. The van der Waals surface area contributed by atoms with E-state index in [4.69, 9.17) is 0 Å². The van der Waals surface area contributed by atoms with Gasteiger partial charge in [0.2, 0.25) is 0 Å². The molecule has 2 aromatic carbocycles. The number of hydrogen-bond donors (Lipinski definition) is 1. The van der Waals surface area contributed by atoms with Crippen LogP contribution in [0.1, 0.15) is 67.7 Å². The molecule has 5 rings (SSSR count). The van der Waals surface area contributed by atoms with Crippen molar-refractivity contribution in [3.63, 3.8) is 0 Å². The molecule has 1 aliphatic heterocycles. The zero-order valence-electron chi connectivity index (χ0n) is 20.6. The molecule has 0 amide bonds. The molecule has 1 atom stereocenters. The number of para-hydroxylation sites is 1. The highest BCUT2D eigenvalue weighted by atomic mass is 16.1. The van der Waals surface area contributed by atoms with E-state index in [9.17, 15) is 4.79 Å². The number of aromatic nitrogens is 5. The minimum atomic E-state index is -0.406. The van der Waals surface area contributed by atoms with Crippen molar-refractivity contribution in [1.29, 1.82) is 0 Å². The first-order valence-corrected chi connectivity index (χ1v) is 12.1. The number of pyridine rings is 1. The summed E-state index contributed by atoms with van der Waals surface area (Å²) in [6.07, 6.45) is 2.90. The third-order valence-electron chi connectivity index (χ3n) is 7.25. The van der Waals surface area contributed by atoms with Crippen LogP contribution in [0, 0.1) is 13.8 Å².